The van der Waals surface area contributed by atoms with Gasteiger partial charge >= 0.3 is 0 Å². The van der Waals surface area contributed by atoms with Gasteiger partial charge in [-0.05, 0) is 13.0 Å². The van der Waals surface area contributed by atoms with Gasteiger partial charge in [-0.3, -0.25) is 4.90 Å². The summed E-state index contributed by atoms with van der Waals surface area (Å²) >= 11 is 0. The molecule has 104 valence electrons. The zero-order chi connectivity index (χ0) is 12.4. The Kier molecular flexibility index (Phi) is 4.57. The van der Waals surface area contributed by atoms with Crippen LogP contribution in [0.5, 0.6) is 0 Å². The predicted molar refractivity (Wildman–Crippen MR) is 72.0 cm³/mol. The number of halogens is 1. The van der Waals surface area contributed by atoms with Gasteiger partial charge in [-0.2, -0.15) is 4.98 Å². The molecule has 1 aliphatic rings. The highest BCUT2D eigenvalue weighted by Gasteiger charge is 2.20. The fraction of sp³-hybridized carbons (Fsp3) is 0.500. The van der Waals surface area contributed by atoms with Crippen molar-refractivity contribution in [3.05, 3.63) is 24.5 Å². The molecule has 7 heteroatoms. The summed E-state index contributed by atoms with van der Waals surface area (Å²) < 4.78 is 10.3. The fourth-order valence-corrected chi connectivity index (χ4v) is 2.12. The van der Waals surface area contributed by atoms with Crippen LogP contribution in [0, 0.1) is 0 Å². The lowest BCUT2D eigenvalue weighted by Crippen LogP contribution is -2.49. The van der Waals surface area contributed by atoms with Gasteiger partial charge in [0.1, 0.15) is 6.26 Å². The Balaban J connectivity index is 0.00000133. The number of rotatable bonds is 3. The van der Waals surface area contributed by atoms with Gasteiger partial charge in [-0.15, -0.1) is 12.4 Å². The third kappa shape index (κ3) is 3.15. The molecule has 0 amide bonds. The van der Waals surface area contributed by atoms with E-state index in [9.17, 15) is 0 Å². The number of piperazine rings is 1. The van der Waals surface area contributed by atoms with Crippen molar-refractivity contribution in [2.75, 3.05) is 19.6 Å². The average Bonchev–Trinajstić information content (AvgIpc) is 3.02. The van der Waals surface area contributed by atoms with Crippen molar-refractivity contribution >= 4 is 12.4 Å². The van der Waals surface area contributed by atoms with Crippen LogP contribution in [0.1, 0.15) is 12.8 Å². The number of aromatic nitrogens is 2. The van der Waals surface area contributed by atoms with E-state index in [1.807, 2.05) is 6.07 Å². The van der Waals surface area contributed by atoms with Crippen LogP contribution in [-0.4, -0.2) is 40.7 Å². The van der Waals surface area contributed by atoms with Crippen LogP contribution >= 0.6 is 12.4 Å². The van der Waals surface area contributed by atoms with Crippen LogP contribution < -0.4 is 5.32 Å². The second-order valence-electron chi connectivity index (χ2n) is 4.55. The Morgan fingerprint density at radius 3 is 3.16 bits per heavy atom. The van der Waals surface area contributed by atoms with Crippen molar-refractivity contribution in [2.24, 2.45) is 0 Å². The van der Waals surface area contributed by atoms with Gasteiger partial charge in [0, 0.05) is 25.7 Å². The van der Waals surface area contributed by atoms with Gasteiger partial charge in [-0.1, -0.05) is 5.16 Å². The summed E-state index contributed by atoms with van der Waals surface area (Å²) in [7, 11) is 0. The Morgan fingerprint density at radius 2 is 2.42 bits per heavy atom. The van der Waals surface area contributed by atoms with Crippen molar-refractivity contribution in [1.29, 1.82) is 0 Å². The van der Waals surface area contributed by atoms with E-state index in [4.69, 9.17) is 8.94 Å². The van der Waals surface area contributed by atoms with Crippen LogP contribution in [0.3, 0.4) is 0 Å². The molecule has 3 heterocycles. The number of nitrogens with one attached hydrogen (secondary N) is 1. The minimum atomic E-state index is 0. The zero-order valence-corrected chi connectivity index (χ0v) is 11.5. The Hall–Kier alpha value is -1.37. The number of furan rings is 1. The normalized spacial score (nSPS) is 20.2. The molecule has 1 saturated heterocycles. The topological polar surface area (TPSA) is 67.3 Å². The van der Waals surface area contributed by atoms with E-state index in [2.05, 4.69) is 27.3 Å². The van der Waals surface area contributed by atoms with E-state index in [1.54, 1.807) is 12.5 Å². The molecule has 0 unspecified atom stereocenters. The van der Waals surface area contributed by atoms with E-state index in [0.717, 1.165) is 25.2 Å². The van der Waals surface area contributed by atoms with E-state index in [0.29, 0.717) is 24.3 Å². The zero-order valence-electron chi connectivity index (χ0n) is 10.7. The molecule has 0 aromatic carbocycles. The molecule has 19 heavy (non-hydrogen) atoms. The minimum Gasteiger partial charge on any atom is -0.472 e. The van der Waals surface area contributed by atoms with Crippen molar-refractivity contribution in [3.8, 4) is 11.4 Å². The molecule has 1 fully saturated rings. The van der Waals surface area contributed by atoms with Gasteiger partial charge in [0.25, 0.3) is 0 Å². The number of hydrogen-bond acceptors (Lipinski definition) is 6. The van der Waals surface area contributed by atoms with Crippen molar-refractivity contribution < 1.29 is 8.94 Å². The van der Waals surface area contributed by atoms with Crippen molar-refractivity contribution in [3.63, 3.8) is 0 Å². The van der Waals surface area contributed by atoms with Gasteiger partial charge in [-0.25, -0.2) is 0 Å². The molecule has 0 radical (unpaired) electrons. The standard InChI is InChI=1S/C12H16N4O2.ClH/c1-9-6-13-3-4-16(9)7-11-14-12(15-18-11)10-2-5-17-8-10;/h2,5,8-9,13H,3-4,6-7H2,1H3;1H/t9-;/m1./s1. The number of hydrogen-bond donors (Lipinski definition) is 1. The monoisotopic (exact) mass is 284 g/mol. The Morgan fingerprint density at radius 1 is 1.53 bits per heavy atom. The highest BCUT2D eigenvalue weighted by Crippen LogP contribution is 2.17. The fourth-order valence-electron chi connectivity index (χ4n) is 2.12. The third-order valence-corrected chi connectivity index (χ3v) is 3.22. The Bertz CT molecular complexity index is 500. The molecule has 1 N–H and O–H groups in total. The van der Waals surface area contributed by atoms with Crippen LogP contribution in [0.15, 0.2) is 27.5 Å². The van der Waals surface area contributed by atoms with E-state index < -0.39 is 0 Å². The average molecular weight is 285 g/mol. The maximum Gasteiger partial charge on any atom is 0.241 e. The summed E-state index contributed by atoms with van der Waals surface area (Å²) in [6.07, 6.45) is 3.21. The SMILES string of the molecule is C[C@@H]1CNCCN1Cc1nc(-c2ccoc2)no1.Cl. The molecule has 3 rings (SSSR count). The lowest BCUT2D eigenvalue weighted by atomic mass is 10.2. The molecule has 6 nitrogen and oxygen atoms in total. The van der Waals surface area contributed by atoms with Crippen molar-refractivity contribution in [2.45, 2.75) is 19.5 Å². The smallest absolute Gasteiger partial charge is 0.241 e. The molecule has 0 spiro atoms. The summed E-state index contributed by atoms with van der Waals surface area (Å²) in [6.45, 7) is 5.91. The molecular weight excluding hydrogens is 268 g/mol. The number of nitrogens with zero attached hydrogens (tertiary/aromatic N) is 3. The minimum absolute atomic E-state index is 0. The molecule has 1 aliphatic heterocycles. The Labute approximate surface area is 117 Å². The quantitative estimate of drug-likeness (QED) is 0.922. The first kappa shape index (κ1) is 14.0. The van der Waals surface area contributed by atoms with Gasteiger partial charge in [0.2, 0.25) is 11.7 Å². The second kappa shape index (κ2) is 6.18. The maximum atomic E-state index is 5.27. The lowest BCUT2D eigenvalue weighted by molar-refractivity contribution is 0.146. The van der Waals surface area contributed by atoms with Crippen LogP contribution in [-0.2, 0) is 6.54 Å². The van der Waals surface area contributed by atoms with Gasteiger partial charge in [0.05, 0.1) is 18.4 Å². The predicted octanol–water partition coefficient (Wildman–Crippen LogP) is 1.55. The highest BCUT2D eigenvalue weighted by atomic mass is 35.5. The summed E-state index contributed by atoms with van der Waals surface area (Å²) in [5, 5.41) is 7.32. The lowest BCUT2D eigenvalue weighted by Gasteiger charge is -2.32. The molecular formula is C12H17ClN4O2. The maximum absolute atomic E-state index is 5.27. The summed E-state index contributed by atoms with van der Waals surface area (Å²) in [6, 6.07) is 2.31. The van der Waals surface area contributed by atoms with Gasteiger partial charge in [0.15, 0.2) is 0 Å². The largest absolute Gasteiger partial charge is 0.472 e. The molecule has 2 aromatic heterocycles. The summed E-state index contributed by atoms with van der Waals surface area (Å²) in [5.74, 6) is 1.24. The summed E-state index contributed by atoms with van der Waals surface area (Å²) in [4.78, 5) is 6.72. The highest BCUT2D eigenvalue weighted by molar-refractivity contribution is 5.85. The van der Waals surface area contributed by atoms with Crippen LogP contribution in [0.25, 0.3) is 11.4 Å². The first-order chi connectivity index (χ1) is 8.83. The second-order valence-corrected chi connectivity index (χ2v) is 4.55. The first-order valence-corrected chi connectivity index (χ1v) is 6.13. The van der Waals surface area contributed by atoms with E-state index in [-0.39, 0.29) is 12.4 Å². The van der Waals surface area contributed by atoms with Gasteiger partial charge < -0.3 is 14.3 Å². The van der Waals surface area contributed by atoms with Crippen LogP contribution in [0.2, 0.25) is 0 Å². The molecule has 0 bridgehead atoms. The third-order valence-electron chi connectivity index (χ3n) is 3.22. The van der Waals surface area contributed by atoms with Crippen molar-refractivity contribution in [1.82, 2.24) is 20.4 Å². The van der Waals surface area contributed by atoms with E-state index in [1.165, 1.54) is 0 Å². The molecule has 0 saturated carbocycles. The van der Waals surface area contributed by atoms with E-state index >= 15 is 0 Å². The first-order valence-electron chi connectivity index (χ1n) is 6.13. The molecule has 1 atom stereocenters. The molecule has 2 aromatic rings. The summed E-state index contributed by atoms with van der Waals surface area (Å²) in [5.41, 5.74) is 0.846. The molecule has 0 aliphatic carbocycles. The van der Waals surface area contributed by atoms with Crippen LogP contribution in [0.4, 0.5) is 0 Å².